The van der Waals surface area contributed by atoms with Crippen LogP contribution in [0.4, 0.5) is 10.1 Å². The summed E-state index contributed by atoms with van der Waals surface area (Å²) in [5.74, 6) is 1.14. The van der Waals surface area contributed by atoms with E-state index < -0.39 is 5.82 Å². The van der Waals surface area contributed by atoms with Gasteiger partial charge in [0.2, 0.25) is 0 Å². The van der Waals surface area contributed by atoms with Crippen LogP contribution in [0.5, 0.6) is 0 Å². The van der Waals surface area contributed by atoms with Gasteiger partial charge in [-0.2, -0.15) is 0 Å². The van der Waals surface area contributed by atoms with Crippen LogP contribution in [0.2, 0.25) is 0 Å². The van der Waals surface area contributed by atoms with Crippen LogP contribution in [0.15, 0.2) is 33.2 Å². The Labute approximate surface area is 130 Å². The second kappa shape index (κ2) is 5.93. The first-order chi connectivity index (χ1) is 9.40. The quantitative estimate of drug-likeness (QED) is 0.802. The number of nitrogens with two attached hydrogens (primary N) is 1. The molecule has 2 rings (SSSR count). The molecule has 0 spiro atoms. The number of hydrogen-bond donors (Lipinski definition) is 2. The third-order valence-corrected chi connectivity index (χ3v) is 3.90. The van der Waals surface area contributed by atoms with E-state index in [4.69, 9.17) is 22.4 Å². The van der Waals surface area contributed by atoms with Crippen molar-refractivity contribution in [3.63, 3.8) is 0 Å². The fraction of sp³-hybridized carbons (Fsp3) is 0.214. The third kappa shape index (κ3) is 3.02. The molecule has 6 heteroatoms. The van der Waals surface area contributed by atoms with Gasteiger partial charge in [0, 0.05) is 5.56 Å². The van der Waals surface area contributed by atoms with Crippen molar-refractivity contribution in [2.75, 3.05) is 5.32 Å². The molecule has 1 unspecified atom stereocenters. The number of rotatable bonds is 4. The van der Waals surface area contributed by atoms with E-state index in [1.807, 2.05) is 26.0 Å². The molecular weight excluding hydrogens is 343 g/mol. The number of aryl methyl sites for hydroxylation is 1. The first-order valence-corrected chi connectivity index (χ1v) is 7.21. The van der Waals surface area contributed by atoms with Crippen molar-refractivity contribution in [2.45, 2.75) is 19.9 Å². The minimum absolute atomic E-state index is 0.150. The summed E-state index contributed by atoms with van der Waals surface area (Å²) in [6.45, 7) is 3.76. The number of furan rings is 1. The molecule has 0 fully saturated rings. The predicted molar refractivity (Wildman–Crippen MR) is 85.5 cm³/mol. The Hall–Kier alpha value is -1.40. The van der Waals surface area contributed by atoms with Gasteiger partial charge in [-0.25, -0.2) is 4.39 Å². The summed E-state index contributed by atoms with van der Waals surface area (Å²) >= 11 is 8.04. The molecule has 1 atom stereocenters. The van der Waals surface area contributed by atoms with Gasteiger partial charge in [0.25, 0.3) is 0 Å². The highest BCUT2D eigenvalue weighted by atomic mass is 79.9. The first kappa shape index (κ1) is 15.0. The summed E-state index contributed by atoms with van der Waals surface area (Å²) in [7, 11) is 0. The average molecular weight is 357 g/mol. The van der Waals surface area contributed by atoms with E-state index in [1.165, 1.54) is 0 Å². The van der Waals surface area contributed by atoms with Gasteiger partial charge in [0.05, 0.1) is 16.2 Å². The maximum absolute atomic E-state index is 14.2. The summed E-state index contributed by atoms with van der Waals surface area (Å²) < 4.78 is 20.0. The molecule has 0 amide bonds. The highest BCUT2D eigenvalue weighted by Crippen LogP contribution is 2.29. The van der Waals surface area contributed by atoms with Gasteiger partial charge in [-0.3, -0.25) is 0 Å². The summed E-state index contributed by atoms with van der Waals surface area (Å²) in [6, 6.07) is 6.87. The number of nitrogens with one attached hydrogen (secondary N) is 1. The van der Waals surface area contributed by atoms with E-state index in [-0.39, 0.29) is 15.5 Å². The zero-order valence-electron chi connectivity index (χ0n) is 11.0. The van der Waals surface area contributed by atoms with Crippen LogP contribution in [-0.4, -0.2) is 4.99 Å². The largest absolute Gasteiger partial charge is 0.464 e. The highest BCUT2D eigenvalue weighted by Gasteiger charge is 2.16. The zero-order chi connectivity index (χ0) is 14.9. The Bertz CT molecular complexity index is 657. The third-order valence-electron chi connectivity index (χ3n) is 2.91. The van der Waals surface area contributed by atoms with Gasteiger partial charge in [-0.05, 0) is 54.0 Å². The van der Waals surface area contributed by atoms with Gasteiger partial charge in [-0.1, -0.05) is 12.2 Å². The lowest BCUT2D eigenvalue weighted by molar-refractivity contribution is 0.466. The molecule has 1 aromatic carbocycles. The van der Waals surface area contributed by atoms with E-state index in [2.05, 4.69) is 21.2 Å². The molecule has 2 aromatic rings. The molecule has 0 saturated carbocycles. The molecule has 3 nitrogen and oxygen atoms in total. The molecule has 106 valence electrons. The molecular formula is C14H14BrFN2OS. The molecule has 3 N–H and O–H groups in total. The molecule has 0 bridgehead atoms. The molecule has 0 radical (unpaired) electrons. The second-order valence-electron chi connectivity index (χ2n) is 4.47. The molecule has 0 aliphatic rings. The molecule has 1 aromatic heterocycles. The number of halogens is 2. The monoisotopic (exact) mass is 356 g/mol. The molecule has 0 aliphatic carbocycles. The summed E-state index contributed by atoms with van der Waals surface area (Å²) in [4.78, 5) is 0.150. The Balaban J connectivity index is 2.26. The van der Waals surface area contributed by atoms with Gasteiger partial charge in [-0.15, -0.1) is 0 Å². The van der Waals surface area contributed by atoms with Crippen LogP contribution >= 0.6 is 28.1 Å². The van der Waals surface area contributed by atoms with Gasteiger partial charge >= 0.3 is 0 Å². The number of hydrogen-bond acceptors (Lipinski definition) is 3. The van der Waals surface area contributed by atoms with Crippen LogP contribution < -0.4 is 11.1 Å². The molecule has 1 heterocycles. The van der Waals surface area contributed by atoms with Gasteiger partial charge < -0.3 is 15.5 Å². The molecule has 20 heavy (non-hydrogen) atoms. The van der Waals surface area contributed by atoms with E-state index in [9.17, 15) is 4.39 Å². The van der Waals surface area contributed by atoms with Crippen molar-refractivity contribution in [1.29, 1.82) is 0 Å². The Morgan fingerprint density at radius 1 is 1.40 bits per heavy atom. The van der Waals surface area contributed by atoms with Crippen LogP contribution in [-0.2, 0) is 0 Å². The first-order valence-electron chi connectivity index (χ1n) is 6.01. The van der Waals surface area contributed by atoms with Gasteiger partial charge in [0.1, 0.15) is 16.5 Å². The summed E-state index contributed by atoms with van der Waals surface area (Å²) in [6.07, 6.45) is 0. The van der Waals surface area contributed by atoms with E-state index in [0.717, 1.165) is 11.5 Å². The number of anilines is 1. The normalized spacial score (nSPS) is 12.2. The zero-order valence-corrected chi connectivity index (χ0v) is 13.4. The smallest absolute Gasteiger partial charge is 0.161 e. The van der Waals surface area contributed by atoms with Crippen molar-refractivity contribution in [3.05, 3.63) is 51.6 Å². The lowest BCUT2D eigenvalue weighted by Gasteiger charge is -2.15. The standard InChI is InChI=1S/C14H14BrFN2OS/c1-7-3-6-11(19-7)8(2)18-10-5-4-9(14(17)20)12(15)13(10)16/h3-6,8,18H,1-2H3,(H2,17,20). The molecule has 0 aliphatic heterocycles. The minimum Gasteiger partial charge on any atom is -0.464 e. The fourth-order valence-electron chi connectivity index (χ4n) is 1.84. The molecule has 0 saturated heterocycles. The lowest BCUT2D eigenvalue weighted by Crippen LogP contribution is -2.13. The van der Waals surface area contributed by atoms with Crippen LogP contribution in [0.25, 0.3) is 0 Å². The SMILES string of the molecule is Cc1ccc(C(C)Nc2ccc(C(N)=S)c(Br)c2F)o1. The fourth-order valence-corrected chi connectivity index (χ4v) is 2.70. The lowest BCUT2D eigenvalue weighted by atomic mass is 10.1. The van der Waals surface area contributed by atoms with Crippen LogP contribution in [0.3, 0.4) is 0 Å². The van der Waals surface area contributed by atoms with E-state index >= 15 is 0 Å². The Morgan fingerprint density at radius 3 is 2.65 bits per heavy atom. The number of benzene rings is 1. The maximum Gasteiger partial charge on any atom is 0.161 e. The van der Waals surface area contributed by atoms with Crippen molar-refractivity contribution in [1.82, 2.24) is 0 Å². The highest BCUT2D eigenvalue weighted by molar-refractivity contribution is 9.10. The minimum atomic E-state index is -0.426. The van der Waals surface area contributed by atoms with Gasteiger partial charge in [0.15, 0.2) is 5.82 Å². The summed E-state index contributed by atoms with van der Waals surface area (Å²) in [5, 5.41) is 3.06. The predicted octanol–water partition coefficient (Wildman–Crippen LogP) is 4.30. The van der Waals surface area contributed by atoms with E-state index in [0.29, 0.717) is 11.3 Å². The second-order valence-corrected chi connectivity index (χ2v) is 5.70. The summed E-state index contributed by atoms with van der Waals surface area (Å²) in [5.41, 5.74) is 6.36. The Morgan fingerprint density at radius 2 is 2.10 bits per heavy atom. The van der Waals surface area contributed by atoms with Crippen molar-refractivity contribution in [2.24, 2.45) is 5.73 Å². The Kier molecular flexibility index (Phi) is 4.45. The van der Waals surface area contributed by atoms with Crippen molar-refractivity contribution < 1.29 is 8.81 Å². The van der Waals surface area contributed by atoms with Crippen molar-refractivity contribution >= 4 is 38.8 Å². The number of thiocarbonyl (C=S) groups is 1. The van der Waals surface area contributed by atoms with Crippen LogP contribution in [0.1, 0.15) is 30.0 Å². The van der Waals surface area contributed by atoms with Crippen LogP contribution in [0, 0.1) is 12.7 Å². The topological polar surface area (TPSA) is 51.2 Å². The van der Waals surface area contributed by atoms with Crippen molar-refractivity contribution in [3.8, 4) is 0 Å². The average Bonchev–Trinajstić information content (AvgIpc) is 2.81. The van der Waals surface area contributed by atoms with E-state index in [1.54, 1.807) is 12.1 Å². The maximum atomic E-state index is 14.2.